The van der Waals surface area contributed by atoms with E-state index in [-0.39, 0.29) is 12.0 Å². The van der Waals surface area contributed by atoms with Crippen molar-refractivity contribution in [3.8, 4) is 0 Å². The summed E-state index contributed by atoms with van der Waals surface area (Å²) in [6.45, 7) is 2.81. The number of carbonyl (C=O) groups is 1. The van der Waals surface area contributed by atoms with Gasteiger partial charge in [0.15, 0.2) is 0 Å². The van der Waals surface area contributed by atoms with Gasteiger partial charge >= 0.3 is 5.97 Å². The number of carbonyl (C=O) groups excluding carboxylic acids is 1. The zero-order chi connectivity index (χ0) is 10.8. The maximum absolute atomic E-state index is 11.0. The first-order valence-electron chi connectivity index (χ1n) is 4.76. The third kappa shape index (κ3) is 7.17. The number of esters is 1. The fraction of sp³-hybridized carbons (Fsp3) is 0.889. The van der Waals surface area contributed by atoms with E-state index in [2.05, 4.69) is 17.9 Å². The highest BCUT2D eigenvalue weighted by Crippen LogP contribution is 2.00. The molecule has 0 aromatic carbocycles. The zero-order valence-corrected chi connectivity index (χ0v) is 9.68. The van der Waals surface area contributed by atoms with E-state index < -0.39 is 0 Å². The number of thiol groups is 1. The second-order valence-electron chi connectivity index (χ2n) is 2.83. The van der Waals surface area contributed by atoms with Crippen LogP contribution in [0.1, 0.15) is 19.8 Å². The lowest BCUT2D eigenvalue weighted by atomic mass is 10.2. The molecular formula is C9H19NO3S. The van der Waals surface area contributed by atoms with Crippen molar-refractivity contribution in [3.05, 3.63) is 0 Å². The SMILES string of the molecule is CCOC(=O)CC[C@H](COCS)NC. The first-order valence-corrected chi connectivity index (χ1v) is 5.39. The molecule has 0 aromatic rings. The van der Waals surface area contributed by atoms with Crippen LogP contribution in [0.5, 0.6) is 0 Å². The predicted octanol–water partition coefficient (Wildman–Crippen LogP) is 0.822. The van der Waals surface area contributed by atoms with Gasteiger partial charge in [-0.3, -0.25) is 4.79 Å². The summed E-state index contributed by atoms with van der Waals surface area (Å²) in [5, 5.41) is 3.07. The Morgan fingerprint density at radius 3 is 2.79 bits per heavy atom. The van der Waals surface area contributed by atoms with E-state index in [1.807, 2.05) is 7.05 Å². The molecule has 0 heterocycles. The van der Waals surface area contributed by atoms with Gasteiger partial charge in [0.05, 0.1) is 19.2 Å². The summed E-state index contributed by atoms with van der Waals surface area (Å²) in [5.74, 6) is 0.246. The predicted molar refractivity (Wildman–Crippen MR) is 58.5 cm³/mol. The number of nitrogens with one attached hydrogen (secondary N) is 1. The number of hydrogen-bond acceptors (Lipinski definition) is 5. The molecule has 0 unspecified atom stereocenters. The molecule has 14 heavy (non-hydrogen) atoms. The Labute approximate surface area is 90.8 Å². The molecular weight excluding hydrogens is 202 g/mol. The third-order valence-electron chi connectivity index (χ3n) is 1.82. The van der Waals surface area contributed by atoms with Crippen LogP contribution in [0.3, 0.4) is 0 Å². The molecule has 0 spiro atoms. The summed E-state index contributed by atoms with van der Waals surface area (Å²) in [6, 6.07) is 0.187. The van der Waals surface area contributed by atoms with Crippen LogP contribution in [-0.4, -0.2) is 38.2 Å². The standard InChI is InChI=1S/C9H19NO3S/c1-3-13-9(11)5-4-8(10-2)6-12-7-14/h8,10,14H,3-7H2,1-2H3/t8-/m1/s1. The molecule has 0 aromatic heterocycles. The average Bonchev–Trinajstić information content (AvgIpc) is 2.19. The van der Waals surface area contributed by atoms with Crippen molar-refractivity contribution in [1.29, 1.82) is 0 Å². The van der Waals surface area contributed by atoms with Gasteiger partial charge in [-0.05, 0) is 20.4 Å². The summed E-state index contributed by atoms with van der Waals surface area (Å²) in [6.07, 6.45) is 1.15. The van der Waals surface area contributed by atoms with Crippen molar-refractivity contribution in [1.82, 2.24) is 5.32 Å². The first-order chi connectivity index (χ1) is 6.74. The normalized spacial score (nSPS) is 12.5. The Kier molecular flexibility index (Phi) is 9.13. The highest BCUT2D eigenvalue weighted by Gasteiger charge is 2.09. The van der Waals surface area contributed by atoms with Gasteiger partial charge in [0.25, 0.3) is 0 Å². The average molecular weight is 221 g/mol. The number of rotatable bonds is 8. The fourth-order valence-corrected chi connectivity index (χ4v) is 1.14. The van der Waals surface area contributed by atoms with E-state index in [1.165, 1.54) is 0 Å². The lowest BCUT2D eigenvalue weighted by Gasteiger charge is -2.14. The summed E-state index contributed by atoms with van der Waals surface area (Å²) in [7, 11) is 1.84. The highest BCUT2D eigenvalue weighted by molar-refractivity contribution is 7.80. The van der Waals surface area contributed by atoms with Crippen LogP contribution in [0.25, 0.3) is 0 Å². The van der Waals surface area contributed by atoms with E-state index in [1.54, 1.807) is 6.92 Å². The Morgan fingerprint density at radius 2 is 2.29 bits per heavy atom. The smallest absolute Gasteiger partial charge is 0.305 e. The molecule has 0 fully saturated rings. The van der Waals surface area contributed by atoms with Crippen LogP contribution in [0, 0.1) is 0 Å². The van der Waals surface area contributed by atoms with Crippen molar-refractivity contribution in [3.63, 3.8) is 0 Å². The van der Waals surface area contributed by atoms with E-state index in [9.17, 15) is 4.79 Å². The van der Waals surface area contributed by atoms with Crippen LogP contribution in [0.2, 0.25) is 0 Å². The van der Waals surface area contributed by atoms with Crippen molar-refractivity contribution >= 4 is 18.6 Å². The van der Waals surface area contributed by atoms with Gasteiger partial charge in [-0.15, -0.1) is 0 Å². The van der Waals surface area contributed by atoms with Gasteiger partial charge in [-0.25, -0.2) is 0 Å². The van der Waals surface area contributed by atoms with Gasteiger partial charge in [-0.1, -0.05) is 0 Å². The summed E-state index contributed by atoms with van der Waals surface area (Å²) >= 11 is 3.93. The molecule has 0 aliphatic rings. The number of hydrogen-bond donors (Lipinski definition) is 2. The van der Waals surface area contributed by atoms with E-state index in [0.717, 1.165) is 6.42 Å². The molecule has 0 aliphatic carbocycles. The minimum atomic E-state index is -0.154. The van der Waals surface area contributed by atoms with E-state index in [4.69, 9.17) is 9.47 Å². The Hall–Kier alpha value is -0.260. The topological polar surface area (TPSA) is 47.6 Å². The van der Waals surface area contributed by atoms with Gasteiger partial charge in [-0.2, -0.15) is 12.6 Å². The minimum absolute atomic E-state index is 0.154. The monoisotopic (exact) mass is 221 g/mol. The fourth-order valence-electron chi connectivity index (χ4n) is 1.03. The Balaban J connectivity index is 3.55. The molecule has 1 N–H and O–H groups in total. The van der Waals surface area contributed by atoms with Crippen molar-refractivity contribution in [2.45, 2.75) is 25.8 Å². The molecule has 5 heteroatoms. The second kappa shape index (κ2) is 9.30. The van der Waals surface area contributed by atoms with Crippen molar-refractivity contribution in [2.24, 2.45) is 0 Å². The molecule has 0 saturated carbocycles. The number of likely N-dealkylation sites (N-methyl/N-ethyl adjacent to an activating group) is 1. The summed E-state index contributed by atoms with van der Waals surface area (Å²) in [4.78, 5) is 11.0. The zero-order valence-electron chi connectivity index (χ0n) is 8.78. The van der Waals surface area contributed by atoms with Gasteiger partial charge in [0.2, 0.25) is 0 Å². The van der Waals surface area contributed by atoms with E-state index in [0.29, 0.717) is 25.6 Å². The Morgan fingerprint density at radius 1 is 1.57 bits per heavy atom. The van der Waals surface area contributed by atoms with Gasteiger partial charge < -0.3 is 14.8 Å². The maximum Gasteiger partial charge on any atom is 0.305 e. The van der Waals surface area contributed by atoms with Crippen LogP contribution in [-0.2, 0) is 14.3 Å². The molecule has 0 aliphatic heterocycles. The molecule has 4 nitrogen and oxygen atoms in total. The maximum atomic E-state index is 11.0. The number of ether oxygens (including phenoxy) is 2. The van der Waals surface area contributed by atoms with Crippen LogP contribution < -0.4 is 5.32 Å². The second-order valence-corrected chi connectivity index (χ2v) is 3.09. The van der Waals surface area contributed by atoms with Crippen LogP contribution in [0.4, 0.5) is 0 Å². The highest BCUT2D eigenvalue weighted by atomic mass is 32.1. The molecule has 1 atom stereocenters. The Bertz CT molecular complexity index is 155. The summed E-state index contributed by atoms with van der Waals surface area (Å²) < 4.78 is 9.95. The third-order valence-corrected chi connectivity index (χ3v) is 2.00. The quantitative estimate of drug-likeness (QED) is 0.362. The molecule has 0 radical (unpaired) electrons. The largest absolute Gasteiger partial charge is 0.466 e. The molecule has 84 valence electrons. The minimum Gasteiger partial charge on any atom is -0.466 e. The van der Waals surface area contributed by atoms with Gasteiger partial charge in [0, 0.05) is 12.5 Å². The van der Waals surface area contributed by atoms with Gasteiger partial charge in [0.1, 0.15) is 0 Å². The van der Waals surface area contributed by atoms with E-state index >= 15 is 0 Å². The van der Waals surface area contributed by atoms with Crippen molar-refractivity contribution in [2.75, 3.05) is 26.2 Å². The van der Waals surface area contributed by atoms with Crippen LogP contribution in [0.15, 0.2) is 0 Å². The summed E-state index contributed by atoms with van der Waals surface area (Å²) in [5.41, 5.74) is 0. The lowest BCUT2D eigenvalue weighted by Crippen LogP contribution is -2.31. The van der Waals surface area contributed by atoms with Crippen LogP contribution >= 0.6 is 12.6 Å². The van der Waals surface area contributed by atoms with Crippen molar-refractivity contribution < 1.29 is 14.3 Å². The molecule has 0 rings (SSSR count). The lowest BCUT2D eigenvalue weighted by molar-refractivity contribution is -0.143. The molecule has 0 amide bonds. The molecule has 0 saturated heterocycles. The molecule has 0 bridgehead atoms. The first kappa shape index (κ1) is 13.7.